The molecule has 0 aliphatic rings. The number of urea groups is 1. The van der Waals surface area contributed by atoms with Crippen molar-refractivity contribution in [1.29, 1.82) is 0 Å². The van der Waals surface area contributed by atoms with E-state index in [1.165, 1.54) is 18.2 Å². The van der Waals surface area contributed by atoms with Crippen LogP contribution in [0, 0.1) is 12.7 Å². The van der Waals surface area contributed by atoms with Gasteiger partial charge >= 0.3 is 6.03 Å². The minimum atomic E-state index is -0.420. The fourth-order valence-corrected chi connectivity index (χ4v) is 2.21. The van der Waals surface area contributed by atoms with Crippen molar-refractivity contribution in [2.24, 2.45) is 0 Å². The summed E-state index contributed by atoms with van der Waals surface area (Å²) in [6.07, 6.45) is 0. The lowest BCUT2D eigenvalue weighted by molar-refractivity contribution is 0.236. The molecule has 0 bridgehead atoms. The predicted octanol–water partition coefficient (Wildman–Crippen LogP) is 3.67. The Bertz CT molecular complexity index is 679. The first-order valence-corrected chi connectivity index (χ1v) is 7.57. The maximum absolute atomic E-state index is 12.9. The van der Waals surface area contributed by atoms with Crippen LogP contribution in [0.2, 0.25) is 5.02 Å². The van der Waals surface area contributed by atoms with Gasteiger partial charge in [-0.3, -0.25) is 0 Å². The Morgan fingerprint density at radius 3 is 2.78 bits per heavy atom. The molecule has 0 heterocycles. The maximum atomic E-state index is 12.9. The van der Waals surface area contributed by atoms with Crippen LogP contribution in [0.4, 0.5) is 9.18 Å². The summed E-state index contributed by atoms with van der Waals surface area (Å²) in [7, 11) is 0. The average Bonchev–Trinajstić information content (AvgIpc) is 2.51. The number of ether oxygens (including phenoxy) is 1. The SMILES string of the molecule is Cc1cccc(CNC(=O)NCCOc2ccc(F)cc2Cl)c1. The molecule has 0 atom stereocenters. The number of nitrogens with one attached hydrogen (secondary N) is 2. The summed E-state index contributed by atoms with van der Waals surface area (Å²) >= 11 is 5.84. The third-order valence-corrected chi connectivity index (χ3v) is 3.37. The highest BCUT2D eigenvalue weighted by molar-refractivity contribution is 6.32. The van der Waals surface area contributed by atoms with Gasteiger partial charge in [0.15, 0.2) is 0 Å². The lowest BCUT2D eigenvalue weighted by Gasteiger charge is -2.10. The van der Waals surface area contributed by atoms with Gasteiger partial charge in [-0.2, -0.15) is 0 Å². The summed E-state index contributed by atoms with van der Waals surface area (Å²) in [5.74, 6) is -0.0361. The predicted molar refractivity (Wildman–Crippen MR) is 88.3 cm³/mol. The van der Waals surface area contributed by atoms with Crippen molar-refractivity contribution >= 4 is 17.6 Å². The second-order valence-electron chi connectivity index (χ2n) is 5.02. The van der Waals surface area contributed by atoms with Crippen molar-refractivity contribution in [3.63, 3.8) is 0 Å². The van der Waals surface area contributed by atoms with Crippen LogP contribution in [-0.4, -0.2) is 19.2 Å². The molecular formula is C17H18ClFN2O2. The topological polar surface area (TPSA) is 50.4 Å². The van der Waals surface area contributed by atoms with Crippen LogP contribution < -0.4 is 15.4 Å². The zero-order chi connectivity index (χ0) is 16.7. The number of hydrogen-bond acceptors (Lipinski definition) is 2. The fourth-order valence-electron chi connectivity index (χ4n) is 1.98. The van der Waals surface area contributed by atoms with Gasteiger partial charge in [0.1, 0.15) is 18.2 Å². The molecule has 0 fully saturated rings. The Morgan fingerprint density at radius 2 is 2.04 bits per heavy atom. The van der Waals surface area contributed by atoms with E-state index in [0.29, 0.717) is 18.8 Å². The van der Waals surface area contributed by atoms with Crippen LogP contribution >= 0.6 is 11.6 Å². The van der Waals surface area contributed by atoms with E-state index >= 15 is 0 Å². The summed E-state index contributed by atoms with van der Waals surface area (Å²) in [6, 6.07) is 11.5. The molecule has 23 heavy (non-hydrogen) atoms. The summed E-state index contributed by atoms with van der Waals surface area (Å²) in [5.41, 5.74) is 2.18. The molecule has 2 aromatic rings. The van der Waals surface area contributed by atoms with Gasteiger partial charge in [-0.25, -0.2) is 9.18 Å². The van der Waals surface area contributed by atoms with Crippen molar-refractivity contribution in [2.75, 3.05) is 13.2 Å². The van der Waals surface area contributed by atoms with Crippen molar-refractivity contribution < 1.29 is 13.9 Å². The van der Waals surface area contributed by atoms with E-state index in [1.807, 2.05) is 31.2 Å². The number of amides is 2. The molecule has 2 N–H and O–H groups in total. The van der Waals surface area contributed by atoms with Gasteiger partial charge in [-0.1, -0.05) is 41.4 Å². The second kappa shape index (κ2) is 8.39. The molecular weight excluding hydrogens is 319 g/mol. The monoisotopic (exact) mass is 336 g/mol. The largest absolute Gasteiger partial charge is 0.490 e. The number of carbonyl (C=O) groups excluding carboxylic acids is 1. The average molecular weight is 337 g/mol. The maximum Gasteiger partial charge on any atom is 0.315 e. The molecule has 4 nitrogen and oxygen atoms in total. The molecule has 0 aliphatic carbocycles. The quantitative estimate of drug-likeness (QED) is 0.791. The van der Waals surface area contributed by atoms with E-state index < -0.39 is 5.82 Å². The molecule has 0 aromatic heterocycles. The van der Waals surface area contributed by atoms with E-state index in [4.69, 9.17) is 16.3 Å². The lowest BCUT2D eigenvalue weighted by atomic mass is 10.1. The molecule has 0 radical (unpaired) electrons. The Morgan fingerprint density at radius 1 is 1.22 bits per heavy atom. The van der Waals surface area contributed by atoms with Crippen LogP contribution in [0.15, 0.2) is 42.5 Å². The molecule has 0 aliphatic heterocycles. The second-order valence-corrected chi connectivity index (χ2v) is 5.43. The third-order valence-electron chi connectivity index (χ3n) is 3.07. The molecule has 2 rings (SSSR count). The number of carbonyl (C=O) groups is 1. The highest BCUT2D eigenvalue weighted by Crippen LogP contribution is 2.24. The molecule has 0 unspecified atom stereocenters. The highest BCUT2D eigenvalue weighted by atomic mass is 35.5. The Labute approximate surface area is 139 Å². The van der Waals surface area contributed by atoms with E-state index in [9.17, 15) is 9.18 Å². The van der Waals surface area contributed by atoms with Crippen LogP contribution in [0.5, 0.6) is 5.75 Å². The lowest BCUT2D eigenvalue weighted by Crippen LogP contribution is -2.37. The van der Waals surface area contributed by atoms with Crippen LogP contribution in [0.25, 0.3) is 0 Å². The fraction of sp³-hybridized carbons (Fsp3) is 0.235. The molecule has 0 saturated heterocycles. The summed E-state index contributed by atoms with van der Waals surface area (Å²) in [6.45, 7) is 3.01. The molecule has 0 spiro atoms. The van der Waals surface area contributed by atoms with E-state index in [-0.39, 0.29) is 17.7 Å². The summed E-state index contributed by atoms with van der Waals surface area (Å²) in [4.78, 5) is 11.7. The number of aryl methyl sites for hydroxylation is 1. The van der Waals surface area contributed by atoms with Crippen molar-refractivity contribution in [1.82, 2.24) is 10.6 Å². The van der Waals surface area contributed by atoms with Gasteiger partial charge < -0.3 is 15.4 Å². The minimum absolute atomic E-state index is 0.203. The molecule has 2 amide bonds. The first kappa shape index (κ1) is 17.1. The third kappa shape index (κ3) is 5.79. The van der Waals surface area contributed by atoms with Gasteiger partial charge in [-0.15, -0.1) is 0 Å². The first-order valence-electron chi connectivity index (χ1n) is 7.19. The van der Waals surface area contributed by atoms with Crippen LogP contribution in [0.1, 0.15) is 11.1 Å². The van der Waals surface area contributed by atoms with Gasteiger partial charge in [0, 0.05) is 6.54 Å². The number of halogens is 2. The van der Waals surface area contributed by atoms with Gasteiger partial charge in [0.05, 0.1) is 11.6 Å². The van der Waals surface area contributed by atoms with Crippen molar-refractivity contribution in [2.45, 2.75) is 13.5 Å². The summed E-state index contributed by atoms with van der Waals surface area (Å²) < 4.78 is 18.3. The van der Waals surface area contributed by atoms with Gasteiger partial charge in [-0.05, 0) is 30.7 Å². The number of benzene rings is 2. The van der Waals surface area contributed by atoms with E-state index in [1.54, 1.807) is 0 Å². The smallest absolute Gasteiger partial charge is 0.315 e. The first-order chi connectivity index (χ1) is 11.0. The Balaban J connectivity index is 1.66. The highest BCUT2D eigenvalue weighted by Gasteiger charge is 2.04. The molecule has 6 heteroatoms. The van der Waals surface area contributed by atoms with E-state index in [0.717, 1.165) is 11.1 Å². The molecule has 122 valence electrons. The van der Waals surface area contributed by atoms with Crippen molar-refractivity contribution in [3.8, 4) is 5.75 Å². The zero-order valence-electron chi connectivity index (χ0n) is 12.7. The number of hydrogen-bond donors (Lipinski definition) is 2. The minimum Gasteiger partial charge on any atom is -0.490 e. The summed E-state index contributed by atoms with van der Waals surface area (Å²) in [5, 5.41) is 5.64. The normalized spacial score (nSPS) is 10.2. The van der Waals surface area contributed by atoms with Crippen LogP contribution in [-0.2, 0) is 6.54 Å². The molecule has 0 saturated carbocycles. The Kier molecular flexibility index (Phi) is 6.23. The van der Waals surface area contributed by atoms with Crippen LogP contribution in [0.3, 0.4) is 0 Å². The van der Waals surface area contributed by atoms with Gasteiger partial charge in [0.2, 0.25) is 0 Å². The molecule has 2 aromatic carbocycles. The van der Waals surface area contributed by atoms with Crippen molar-refractivity contribution in [3.05, 3.63) is 64.4 Å². The van der Waals surface area contributed by atoms with Gasteiger partial charge in [0.25, 0.3) is 0 Å². The zero-order valence-corrected chi connectivity index (χ0v) is 13.5. The van der Waals surface area contributed by atoms with E-state index in [2.05, 4.69) is 10.6 Å². The standard InChI is InChI=1S/C17H18ClFN2O2/c1-12-3-2-4-13(9-12)11-21-17(22)20-7-8-23-16-6-5-14(19)10-15(16)18/h2-6,9-10H,7-8,11H2,1H3,(H2,20,21,22). The number of rotatable bonds is 6. The Hall–Kier alpha value is -2.27.